The van der Waals surface area contributed by atoms with E-state index in [9.17, 15) is 0 Å². The summed E-state index contributed by atoms with van der Waals surface area (Å²) in [7, 11) is 0. The molecule has 2 rings (SSSR count). The topological polar surface area (TPSA) is 71.9 Å². The molecule has 96 valence electrons. The standard InChI is InChI=1S/C14H12BrN3O/c1-8-3-10(6-16)4-9(2)13(8)19-14-12(17)5-11(15)7-18-14/h3-5,7H,17H2,1-2H3. The van der Waals surface area contributed by atoms with E-state index < -0.39 is 0 Å². The number of pyridine rings is 1. The molecule has 0 fully saturated rings. The van der Waals surface area contributed by atoms with Gasteiger partial charge in [-0.15, -0.1) is 0 Å². The first-order valence-corrected chi connectivity index (χ1v) is 6.41. The molecule has 0 saturated heterocycles. The maximum Gasteiger partial charge on any atom is 0.242 e. The molecule has 0 bridgehead atoms. The Morgan fingerprint density at radius 1 is 1.26 bits per heavy atom. The van der Waals surface area contributed by atoms with Gasteiger partial charge in [0.2, 0.25) is 5.88 Å². The van der Waals surface area contributed by atoms with Crippen molar-refractivity contribution in [2.24, 2.45) is 0 Å². The third-order valence-corrected chi connectivity index (χ3v) is 3.07. The number of ether oxygens (including phenoxy) is 1. The largest absolute Gasteiger partial charge is 0.437 e. The highest BCUT2D eigenvalue weighted by molar-refractivity contribution is 9.10. The SMILES string of the molecule is Cc1cc(C#N)cc(C)c1Oc1ncc(Br)cc1N. The fourth-order valence-electron chi connectivity index (χ4n) is 1.80. The van der Waals surface area contributed by atoms with Crippen molar-refractivity contribution in [1.82, 2.24) is 4.98 Å². The van der Waals surface area contributed by atoms with Crippen molar-refractivity contribution in [2.45, 2.75) is 13.8 Å². The molecule has 0 atom stereocenters. The highest BCUT2D eigenvalue weighted by Gasteiger charge is 2.10. The molecular formula is C14H12BrN3O. The summed E-state index contributed by atoms with van der Waals surface area (Å²) in [6.45, 7) is 3.77. The van der Waals surface area contributed by atoms with Gasteiger partial charge in [0.15, 0.2) is 0 Å². The van der Waals surface area contributed by atoms with Crippen LogP contribution >= 0.6 is 15.9 Å². The van der Waals surface area contributed by atoms with Crippen molar-refractivity contribution in [3.05, 3.63) is 45.6 Å². The van der Waals surface area contributed by atoms with E-state index in [0.29, 0.717) is 22.9 Å². The van der Waals surface area contributed by atoms with Crippen LogP contribution in [0.25, 0.3) is 0 Å². The van der Waals surface area contributed by atoms with Gasteiger partial charge in [-0.25, -0.2) is 4.98 Å². The number of benzene rings is 1. The van der Waals surface area contributed by atoms with Crippen LogP contribution in [-0.2, 0) is 0 Å². The number of aryl methyl sites for hydroxylation is 2. The Kier molecular flexibility index (Phi) is 3.72. The monoisotopic (exact) mass is 317 g/mol. The lowest BCUT2D eigenvalue weighted by Crippen LogP contribution is -1.98. The number of hydrogen-bond donors (Lipinski definition) is 1. The Bertz CT molecular complexity index is 654. The van der Waals surface area contributed by atoms with Crippen LogP contribution in [-0.4, -0.2) is 4.98 Å². The van der Waals surface area contributed by atoms with Crippen LogP contribution < -0.4 is 10.5 Å². The highest BCUT2D eigenvalue weighted by Crippen LogP contribution is 2.32. The van der Waals surface area contributed by atoms with Crippen molar-refractivity contribution < 1.29 is 4.74 Å². The number of rotatable bonds is 2. The van der Waals surface area contributed by atoms with E-state index in [1.54, 1.807) is 24.4 Å². The number of halogens is 1. The molecule has 0 aliphatic heterocycles. The summed E-state index contributed by atoms with van der Waals surface area (Å²) in [6, 6.07) is 7.40. The third kappa shape index (κ3) is 2.85. The number of hydrogen-bond acceptors (Lipinski definition) is 4. The van der Waals surface area contributed by atoms with Crippen LogP contribution in [0.4, 0.5) is 5.69 Å². The Morgan fingerprint density at radius 2 is 1.89 bits per heavy atom. The summed E-state index contributed by atoms with van der Waals surface area (Å²) in [5, 5.41) is 8.91. The number of anilines is 1. The smallest absolute Gasteiger partial charge is 0.242 e. The molecule has 2 aromatic rings. The number of nitriles is 1. The molecule has 0 unspecified atom stereocenters. The van der Waals surface area contributed by atoms with Gasteiger partial charge in [-0.1, -0.05) is 0 Å². The van der Waals surface area contributed by atoms with Gasteiger partial charge in [-0.05, 0) is 59.1 Å². The summed E-state index contributed by atoms with van der Waals surface area (Å²) in [6.07, 6.45) is 1.63. The van der Waals surface area contributed by atoms with Crippen LogP contribution in [0.15, 0.2) is 28.9 Å². The van der Waals surface area contributed by atoms with Crippen molar-refractivity contribution in [1.29, 1.82) is 5.26 Å². The molecule has 1 aromatic heterocycles. The predicted octanol–water partition coefficient (Wildman–Crippen LogP) is 3.71. The van der Waals surface area contributed by atoms with Gasteiger partial charge >= 0.3 is 0 Å². The van der Waals surface area contributed by atoms with E-state index in [0.717, 1.165) is 15.6 Å². The second kappa shape index (κ2) is 5.29. The summed E-state index contributed by atoms with van der Waals surface area (Å²) < 4.78 is 6.56. The molecule has 5 heteroatoms. The molecular weight excluding hydrogens is 306 g/mol. The number of nitrogen functional groups attached to an aromatic ring is 1. The quantitative estimate of drug-likeness (QED) is 0.916. The highest BCUT2D eigenvalue weighted by atomic mass is 79.9. The molecule has 0 saturated carbocycles. The fourth-order valence-corrected chi connectivity index (χ4v) is 2.15. The molecule has 0 aliphatic rings. The van der Waals surface area contributed by atoms with Gasteiger partial charge in [0.1, 0.15) is 5.75 Å². The fraction of sp³-hybridized carbons (Fsp3) is 0.143. The zero-order valence-electron chi connectivity index (χ0n) is 10.6. The zero-order chi connectivity index (χ0) is 14.0. The zero-order valence-corrected chi connectivity index (χ0v) is 12.2. The molecule has 1 aromatic carbocycles. The van der Waals surface area contributed by atoms with Crippen molar-refractivity contribution in [2.75, 3.05) is 5.73 Å². The minimum Gasteiger partial charge on any atom is -0.437 e. The van der Waals surface area contributed by atoms with Crippen LogP contribution in [0.1, 0.15) is 16.7 Å². The number of aromatic nitrogens is 1. The molecule has 2 N–H and O–H groups in total. The van der Waals surface area contributed by atoms with Gasteiger partial charge in [0.05, 0.1) is 17.3 Å². The van der Waals surface area contributed by atoms with E-state index in [-0.39, 0.29) is 0 Å². The molecule has 0 radical (unpaired) electrons. The molecule has 4 nitrogen and oxygen atoms in total. The molecule has 0 amide bonds. The van der Waals surface area contributed by atoms with Crippen LogP contribution in [0.3, 0.4) is 0 Å². The first kappa shape index (κ1) is 13.4. The minimum absolute atomic E-state index is 0.360. The van der Waals surface area contributed by atoms with Gasteiger partial charge in [0.25, 0.3) is 0 Å². The second-order valence-corrected chi connectivity index (χ2v) is 5.12. The number of nitrogens with two attached hydrogens (primary N) is 1. The summed E-state index contributed by atoms with van der Waals surface area (Å²) in [5.74, 6) is 1.04. The summed E-state index contributed by atoms with van der Waals surface area (Å²) >= 11 is 3.30. The maximum absolute atomic E-state index is 8.91. The first-order chi connectivity index (χ1) is 9.01. The van der Waals surface area contributed by atoms with Crippen molar-refractivity contribution >= 4 is 21.6 Å². The Hall–Kier alpha value is -2.06. The van der Waals surface area contributed by atoms with E-state index in [4.69, 9.17) is 15.7 Å². The van der Waals surface area contributed by atoms with E-state index in [2.05, 4.69) is 27.0 Å². The van der Waals surface area contributed by atoms with Crippen LogP contribution in [0.5, 0.6) is 11.6 Å². The Balaban J connectivity index is 2.41. The number of nitrogens with zero attached hydrogens (tertiary/aromatic N) is 2. The van der Waals surface area contributed by atoms with Crippen LogP contribution in [0, 0.1) is 25.2 Å². The molecule has 19 heavy (non-hydrogen) atoms. The first-order valence-electron chi connectivity index (χ1n) is 5.61. The maximum atomic E-state index is 8.91. The molecule has 0 spiro atoms. The minimum atomic E-state index is 0.360. The second-order valence-electron chi connectivity index (χ2n) is 4.20. The normalized spacial score (nSPS) is 10.0. The average molecular weight is 318 g/mol. The summed E-state index contributed by atoms with van der Waals surface area (Å²) in [4.78, 5) is 4.14. The lowest BCUT2D eigenvalue weighted by atomic mass is 10.1. The van der Waals surface area contributed by atoms with E-state index in [1.807, 2.05) is 13.8 Å². The van der Waals surface area contributed by atoms with Crippen LogP contribution in [0.2, 0.25) is 0 Å². The Morgan fingerprint density at radius 3 is 2.42 bits per heavy atom. The summed E-state index contributed by atoms with van der Waals surface area (Å²) in [5.41, 5.74) is 8.67. The van der Waals surface area contributed by atoms with E-state index >= 15 is 0 Å². The van der Waals surface area contributed by atoms with Gasteiger partial charge < -0.3 is 10.5 Å². The lowest BCUT2D eigenvalue weighted by molar-refractivity contribution is 0.458. The van der Waals surface area contributed by atoms with Gasteiger partial charge in [-0.3, -0.25) is 0 Å². The van der Waals surface area contributed by atoms with Gasteiger partial charge in [0, 0.05) is 10.7 Å². The Labute approximate surface area is 120 Å². The van der Waals surface area contributed by atoms with Crippen molar-refractivity contribution in [3.63, 3.8) is 0 Å². The molecule has 1 heterocycles. The van der Waals surface area contributed by atoms with Crippen molar-refractivity contribution in [3.8, 4) is 17.7 Å². The van der Waals surface area contributed by atoms with Gasteiger partial charge in [-0.2, -0.15) is 5.26 Å². The predicted molar refractivity (Wildman–Crippen MR) is 77.1 cm³/mol. The lowest BCUT2D eigenvalue weighted by Gasteiger charge is -2.12. The molecule has 0 aliphatic carbocycles. The third-order valence-electron chi connectivity index (χ3n) is 2.63. The van der Waals surface area contributed by atoms with E-state index in [1.165, 1.54) is 0 Å². The average Bonchev–Trinajstić information content (AvgIpc) is 2.35.